The number of benzene rings is 1. The molecule has 1 aliphatic heterocycles. The first-order valence-corrected chi connectivity index (χ1v) is 10.1. The van der Waals surface area contributed by atoms with Crippen LogP contribution in [0.5, 0.6) is 11.5 Å². The summed E-state index contributed by atoms with van der Waals surface area (Å²) in [4.78, 5) is 20.5. The van der Waals surface area contributed by atoms with E-state index in [1.807, 2.05) is 39.0 Å². The Morgan fingerprint density at radius 2 is 2.10 bits per heavy atom. The molecule has 7 nitrogen and oxygen atoms in total. The minimum atomic E-state index is -0.385. The van der Waals surface area contributed by atoms with Gasteiger partial charge in [-0.15, -0.1) is 0 Å². The van der Waals surface area contributed by atoms with Gasteiger partial charge < -0.3 is 20.1 Å². The number of anilines is 1. The molecule has 1 saturated heterocycles. The fourth-order valence-corrected chi connectivity index (χ4v) is 3.51. The first-order valence-electron chi connectivity index (χ1n) is 9.68. The summed E-state index contributed by atoms with van der Waals surface area (Å²) < 4.78 is 11.2. The van der Waals surface area contributed by atoms with Crippen molar-refractivity contribution in [1.29, 1.82) is 0 Å². The average Bonchev–Trinajstić information content (AvgIpc) is 2.64. The van der Waals surface area contributed by atoms with Gasteiger partial charge in [-0.2, -0.15) is 0 Å². The van der Waals surface area contributed by atoms with Gasteiger partial charge in [-0.05, 0) is 38.5 Å². The summed E-state index contributed by atoms with van der Waals surface area (Å²) in [6, 6.07) is 7.46. The fraction of sp³-hybridized carbons (Fsp3) is 0.429. The molecule has 0 aliphatic carbocycles. The van der Waals surface area contributed by atoms with E-state index in [1.165, 1.54) is 12.4 Å². The lowest BCUT2D eigenvalue weighted by Crippen LogP contribution is -2.54. The summed E-state index contributed by atoms with van der Waals surface area (Å²) in [6.07, 6.45) is 2.66. The molecule has 2 aromatic rings. The van der Waals surface area contributed by atoms with Gasteiger partial charge in [-0.3, -0.25) is 9.88 Å². The molecule has 0 saturated carbocycles. The standard InChI is InChI=1S/C21H27ClN4O3/c1-14(2)28-20-8-16(4-5-19(20)22)13-25-6-7-26(15(3)12-25)21(27)29-18-9-17(23)10-24-11-18/h4-5,8-11,14-15H,6-7,12-13,23H2,1-3H3/t15-/m0/s1. The van der Waals surface area contributed by atoms with E-state index in [9.17, 15) is 4.79 Å². The van der Waals surface area contributed by atoms with Gasteiger partial charge in [-0.25, -0.2) is 4.79 Å². The van der Waals surface area contributed by atoms with E-state index in [-0.39, 0.29) is 18.2 Å². The van der Waals surface area contributed by atoms with Crippen molar-refractivity contribution in [2.45, 2.75) is 39.5 Å². The third kappa shape index (κ3) is 5.74. The quantitative estimate of drug-likeness (QED) is 0.795. The fourth-order valence-electron chi connectivity index (χ4n) is 3.35. The molecule has 1 fully saturated rings. The van der Waals surface area contributed by atoms with E-state index in [1.54, 1.807) is 11.0 Å². The lowest BCUT2D eigenvalue weighted by Gasteiger charge is -2.39. The van der Waals surface area contributed by atoms with Gasteiger partial charge in [0.05, 0.1) is 29.2 Å². The predicted molar refractivity (Wildman–Crippen MR) is 113 cm³/mol. The van der Waals surface area contributed by atoms with Gasteiger partial charge in [-0.1, -0.05) is 17.7 Å². The highest BCUT2D eigenvalue weighted by Crippen LogP contribution is 2.27. The maximum Gasteiger partial charge on any atom is 0.415 e. The number of halogens is 1. The molecule has 1 aromatic carbocycles. The van der Waals surface area contributed by atoms with Crippen molar-refractivity contribution < 1.29 is 14.3 Å². The largest absolute Gasteiger partial charge is 0.489 e. The van der Waals surface area contributed by atoms with Gasteiger partial charge in [0.25, 0.3) is 0 Å². The van der Waals surface area contributed by atoms with Crippen LogP contribution >= 0.6 is 11.6 Å². The molecule has 156 valence electrons. The molecule has 8 heteroatoms. The molecule has 2 N–H and O–H groups in total. The molecule has 0 spiro atoms. The number of aromatic nitrogens is 1. The van der Waals surface area contributed by atoms with E-state index in [2.05, 4.69) is 9.88 Å². The molecule has 1 atom stereocenters. The van der Waals surface area contributed by atoms with Gasteiger partial charge in [0.2, 0.25) is 0 Å². The molecular weight excluding hydrogens is 392 g/mol. The number of rotatable bonds is 5. The molecule has 0 unspecified atom stereocenters. The average molecular weight is 419 g/mol. The second-order valence-corrected chi connectivity index (χ2v) is 7.94. The van der Waals surface area contributed by atoms with Crippen LogP contribution in [0, 0.1) is 0 Å². The van der Waals surface area contributed by atoms with E-state index in [0.717, 1.165) is 25.2 Å². The molecule has 1 aliphatic rings. The summed E-state index contributed by atoms with van der Waals surface area (Å²) in [5.41, 5.74) is 7.27. The molecule has 3 rings (SSSR count). The number of amides is 1. The van der Waals surface area contributed by atoms with Crippen LogP contribution < -0.4 is 15.2 Å². The topological polar surface area (TPSA) is 80.9 Å². The van der Waals surface area contributed by atoms with Crippen molar-refractivity contribution in [2.75, 3.05) is 25.4 Å². The number of piperazine rings is 1. The van der Waals surface area contributed by atoms with Gasteiger partial charge >= 0.3 is 6.09 Å². The summed E-state index contributed by atoms with van der Waals surface area (Å²) in [6.45, 7) is 8.80. The summed E-state index contributed by atoms with van der Waals surface area (Å²) in [5.74, 6) is 1.05. The van der Waals surface area contributed by atoms with Crippen molar-refractivity contribution in [2.24, 2.45) is 0 Å². The molecule has 0 radical (unpaired) electrons. The van der Waals surface area contributed by atoms with Crippen LogP contribution in [0.3, 0.4) is 0 Å². The number of hydrogen-bond donors (Lipinski definition) is 1. The Morgan fingerprint density at radius 1 is 1.31 bits per heavy atom. The Morgan fingerprint density at radius 3 is 2.79 bits per heavy atom. The number of hydrogen-bond acceptors (Lipinski definition) is 6. The van der Waals surface area contributed by atoms with Crippen LogP contribution in [-0.2, 0) is 6.54 Å². The first kappa shape index (κ1) is 21.2. The molecule has 29 heavy (non-hydrogen) atoms. The van der Waals surface area contributed by atoms with Crippen LogP contribution in [0.1, 0.15) is 26.3 Å². The third-order valence-corrected chi connectivity index (χ3v) is 4.96. The normalized spacial score (nSPS) is 17.4. The highest BCUT2D eigenvalue weighted by atomic mass is 35.5. The van der Waals surface area contributed by atoms with E-state index in [0.29, 0.717) is 28.8 Å². The van der Waals surface area contributed by atoms with Crippen LogP contribution in [0.15, 0.2) is 36.7 Å². The summed E-state index contributed by atoms with van der Waals surface area (Å²) >= 11 is 6.23. The number of nitrogens with zero attached hydrogens (tertiary/aromatic N) is 3. The van der Waals surface area contributed by atoms with Crippen LogP contribution in [0.4, 0.5) is 10.5 Å². The summed E-state index contributed by atoms with van der Waals surface area (Å²) in [5, 5.41) is 0.611. The van der Waals surface area contributed by atoms with E-state index >= 15 is 0 Å². The van der Waals surface area contributed by atoms with Crippen molar-refractivity contribution >= 4 is 23.4 Å². The molecule has 1 amide bonds. The zero-order valence-electron chi connectivity index (χ0n) is 17.0. The smallest absolute Gasteiger partial charge is 0.415 e. The van der Waals surface area contributed by atoms with Crippen LogP contribution in [0.25, 0.3) is 0 Å². The number of carbonyl (C=O) groups is 1. The molecular formula is C21H27ClN4O3. The monoisotopic (exact) mass is 418 g/mol. The zero-order chi connectivity index (χ0) is 21.0. The van der Waals surface area contributed by atoms with Gasteiger partial charge in [0.15, 0.2) is 5.75 Å². The Bertz CT molecular complexity index is 862. The van der Waals surface area contributed by atoms with Crippen molar-refractivity contribution in [3.8, 4) is 11.5 Å². The molecule has 0 bridgehead atoms. The lowest BCUT2D eigenvalue weighted by molar-refractivity contribution is 0.0752. The lowest BCUT2D eigenvalue weighted by atomic mass is 10.1. The number of ether oxygens (including phenoxy) is 2. The molecule has 1 aromatic heterocycles. The predicted octanol–water partition coefficient (Wildman–Crippen LogP) is 3.81. The minimum Gasteiger partial charge on any atom is -0.489 e. The van der Waals surface area contributed by atoms with Crippen molar-refractivity contribution in [3.05, 3.63) is 47.2 Å². The SMILES string of the molecule is CC(C)Oc1cc(CN2CCN(C(=O)Oc3cncc(N)c3)[C@@H](C)C2)ccc1Cl. The maximum atomic E-state index is 12.5. The Labute approximate surface area is 176 Å². The van der Waals surface area contributed by atoms with Crippen molar-refractivity contribution in [3.63, 3.8) is 0 Å². The summed E-state index contributed by atoms with van der Waals surface area (Å²) in [7, 11) is 0. The van der Waals surface area contributed by atoms with Crippen LogP contribution in [0.2, 0.25) is 5.02 Å². The first-order chi connectivity index (χ1) is 13.8. The maximum absolute atomic E-state index is 12.5. The van der Waals surface area contributed by atoms with E-state index in [4.69, 9.17) is 26.8 Å². The van der Waals surface area contributed by atoms with Gasteiger partial charge in [0, 0.05) is 38.3 Å². The zero-order valence-corrected chi connectivity index (χ0v) is 17.7. The second kappa shape index (κ2) is 9.33. The Balaban J connectivity index is 1.58. The molecule has 2 heterocycles. The minimum absolute atomic E-state index is 0.0175. The van der Waals surface area contributed by atoms with Crippen molar-refractivity contribution in [1.82, 2.24) is 14.8 Å². The van der Waals surface area contributed by atoms with E-state index < -0.39 is 0 Å². The highest BCUT2D eigenvalue weighted by molar-refractivity contribution is 6.32. The number of nitrogen functional groups attached to an aromatic ring is 1. The Hall–Kier alpha value is -2.51. The van der Waals surface area contributed by atoms with Crippen LogP contribution in [-0.4, -0.2) is 52.7 Å². The third-order valence-electron chi connectivity index (χ3n) is 4.65. The highest BCUT2D eigenvalue weighted by Gasteiger charge is 2.29. The number of carbonyl (C=O) groups excluding carboxylic acids is 1. The van der Waals surface area contributed by atoms with Gasteiger partial charge in [0.1, 0.15) is 5.75 Å². The Kier molecular flexibility index (Phi) is 6.82. The number of nitrogens with two attached hydrogens (primary N) is 1. The number of pyridine rings is 1. The second-order valence-electron chi connectivity index (χ2n) is 7.53.